The van der Waals surface area contributed by atoms with Crippen LogP contribution in [-0.2, 0) is 20.4 Å². The summed E-state index contributed by atoms with van der Waals surface area (Å²) < 4.78 is 9.34. The van der Waals surface area contributed by atoms with E-state index in [0.717, 1.165) is 75.8 Å². The molecule has 7 nitrogen and oxygen atoms in total. The number of aliphatic carboxylic acids is 2. The van der Waals surface area contributed by atoms with E-state index in [2.05, 4.69) is 183 Å². The second-order valence-electron chi connectivity index (χ2n) is 17.8. The van der Waals surface area contributed by atoms with Crippen molar-refractivity contribution in [2.24, 2.45) is 0 Å². The Morgan fingerprint density at radius 2 is 1.29 bits per heavy atom. The smallest absolute Gasteiger partial charge is 0.303 e. The minimum Gasteiger partial charge on any atom is -0.481 e. The van der Waals surface area contributed by atoms with E-state index < -0.39 is 11.9 Å². The average molecular weight is 838 g/mol. The molecular weight excluding hydrogens is 781 g/mol. The van der Waals surface area contributed by atoms with Crippen molar-refractivity contribution in [1.29, 1.82) is 0 Å². The lowest BCUT2D eigenvalue weighted by molar-refractivity contribution is -0.438. The van der Waals surface area contributed by atoms with Crippen LogP contribution in [0.4, 0.5) is 11.4 Å². The number of benzene rings is 5. The fraction of sp³-hybridized carbons (Fsp3) is 0.268. The highest BCUT2D eigenvalue weighted by Gasteiger charge is 2.44. The Hall–Kier alpha value is -6.73. The molecule has 0 unspecified atom stereocenters. The molecule has 2 N–H and O–H groups in total. The van der Waals surface area contributed by atoms with Crippen molar-refractivity contribution in [3.63, 3.8) is 0 Å². The average Bonchev–Trinajstić information content (AvgIpc) is 3.63. The molecule has 0 fully saturated rings. The summed E-state index contributed by atoms with van der Waals surface area (Å²) in [5, 5.41) is 19.0. The van der Waals surface area contributed by atoms with Gasteiger partial charge in [0.15, 0.2) is 5.71 Å². The Kier molecular flexibility index (Phi) is 12.5. The lowest BCUT2D eigenvalue weighted by Gasteiger charge is -2.27. The third-order valence-corrected chi connectivity index (χ3v) is 12.9. The summed E-state index contributed by atoms with van der Waals surface area (Å²) in [6.07, 6.45) is 12.8. The molecule has 5 aromatic rings. The van der Waals surface area contributed by atoms with E-state index in [1.807, 2.05) is 6.07 Å². The van der Waals surface area contributed by atoms with Gasteiger partial charge in [0.05, 0.1) is 11.8 Å². The summed E-state index contributed by atoms with van der Waals surface area (Å²) in [6.45, 7) is 10.2. The van der Waals surface area contributed by atoms with Gasteiger partial charge in [0.1, 0.15) is 18.1 Å². The monoisotopic (exact) mass is 837 g/mol. The van der Waals surface area contributed by atoms with Gasteiger partial charge in [0.2, 0.25) is 5.69 Å². The normalized spacial score (nSPS) is 17.7. The molecular formula is C56H57N2O5+. The molecule has 0 saturated heterocycles. The van der Waals surface area contributed by atoms with Crippen LogP contribution in [0.15, 0.2) is 174 Å². The van der Waals surface area contributed by atoms with E-state index in [1.54, 1.807) is 0 Å². The summed E-state index contributed by atoms with van der Waals surface area (Å²) in [4.78, 5) is 25.4. The first-order valence-corrected chi connectivity index (χ1v) is 22.2. The molecule has 0 spiro atoms. The quantitative estimate of drug-likeness (QED) is 0.102. The van der Waals surface area contributed by atoms with Crippen LogP contribution in [0.5, 0.6) is 5.75 Å². The maximum atomic E-state index is 11.6. The van der Waals surface area contributed by atoms with Gasteiger partial charge in [-0.25, -0.2) is 0 Å². The molecule has 0 saturated carbocycles. The number of nitrogens with zero attached hydrogens (tertiary/aromatic N) is 2. The van der Waals surface area contributed by atoms with Crippen molar-refractivity contribution >= 4 is 29.0 Å². The maximum absolute atomic E-state index is 11.6. The van der Waals surface area contributed by atoms with Crippen LogP contribution in [0.2, 0.25) is 0 Å². The molecule has 2 aliphatic heterocycles. The van der Waals surface area contributed by atoms with Crippen molar-refractivity contribution in [2.75, 3.05) is 18.0 Å². The minimum atomic E-state index is -0.788. The predicted octanol–water partition coefficient (Wildman–Crippen LogP) is 12.8. The molecule has 7 heteroatoms. The largest absolute Gasteiger partial charge is 0.481 e. The standard InChI is InChI=1S/C56H56N2O5/c1-55(2)46-23-10-12-25-48(46)57(37-15-27-52(59)60)50(55)35-31-41-19-14-20-42(32-36-51-56(3,4)47-24-11-13-26-49(47)58(51)38-16-28-53(61)62)54(41)63-43-33-29-40(30-34-43)45-22-9-8-21-44(45)39-17-6-5-7-18-39/h5-13,17-18,21-26,29-36H,14-16,19-20,27-28,37-38H2,1-4H3,(H-,59,60,61,62)/p+1. The topological polar surface area (TPSA) is 90.1 Å². The van der Waals surface area contributed by atoms with Crippen molar-refractivity contribution in [1.82, 2.24) is 0 Å². The van der Waals surface area contributed by atoms with Crippen LogP contribution in [0.25, 0.3) is 22.3 Å². The zero-order chi connectivity index (χ0) is 44.1. The van der Waals surface area contributed by atoms with Crippen LogP contribution in [-0.4, -0.2) is 45.5 Å². The summed E-state index contributed by atoms with van der Waals surface area (Å²) in [5.74, 6) is 0.00883. The molecule has 320 valence electrons. The van der Waals surface area contributed by atoms with Gasteiger partial charge in [-0.05, 0) is 109 Å². The number of anilines is 1. The zero-order valence-corrected chi connectivity index (χ0v) is 36.8. The van der Waals surface area contributed by atoms with E-state index in [1.165, 1.54) is 22.3 Å². The van der Waals surface area contributed by atoms with Gasteiger partial charge in [-0.2, -0.15) is 4.58 Å². The summed E-state index contributed by atoms with van der Waals surface area (Å²) in [7, 11) is 0. The van der Waals surface area contributed by atoms with Crippen molar-refractivity contribution in [3.05, 3.63) is 185 Å². The second kappa shape index (κ2) is 18.3. The highest BCUT2D eigenvalue weighted by Crippen LogP contribution is 2.48. The molecule has 0 amide bonds. The number of carboxylic acid groups (broad SMARTS) is 2. The SMILES string of the molecule is CC1(C)C(=C/C=C2\CCCC(/C=C/C3=[N+](CCCC(=O)O)c4ccccc4C3(C)C)=C2Oc2ccc(-c3ccccc3-c3ccccc3)cc2)N(CCCC(=O)O)c2ccccc21. The molecule has 8 rings (SSSR count). The zero-order valence-electron chi connectivity index (χ0n) is 36.8. The number of hydrogen-bond acceptors (Lipinski definition) is 4. The molecule has 2 heterocycles. The number of para-hydroxylation sites is 2. The number of ether oxygens (including phenoxy) is 1. The van der Waals surface area contributed by atoms with E-state index in [9.17, 15) is 19.8 Å². The molecule has 0 aromatic heterocycles. The van der Waals surface area contributed by atoms with Crippen LogP contribution in [0.3, 0.4) is 0 Å². The molecule has 63 heavy (non-hydrogen) atoms. The molecule has 0 atom stereocenters. The number of hydrogen-bond donors (Lipinski definition) is 2. The van der Waals surface area contributed by atoms with Gasteiger partial charge < -0.3 is 19.8 Å². The Bertz CT molecular complexity index is 2680. The van der Waals surface area contributed by atoms with E-state index in [0.29, 0.717) is 25.9 Å². The summed E-state index contributed by atoms with van der Waals surface area (Å²) in [6, 6.07) is 44.2. The fourth-order valence-electron chi connectivity index (χ4n) is 9.68. The number of fused-ring (bicyclic) bond motifs is 2. The van der Waals surface area contributed by atoms with Crippen LogP contribution >= 0.6 is 0 Å². The number of allylic oxidation sites excluding steroid dienone is 7. The van der Waals surface area contributed by atoms with Crippen LogP contribution in [0.1, 0.15) is 83.8 Å². The Morgan fingerprint density at radius 1 is 0.667 bits per heavy atom. The van der Waals surface area contributed by atoms with Crippen LogP contribution in [0, 0.1) is 0 Å². The Balaban J connectivity index is 1.20. The first-order valence-electron chi connectivity index (χ1n) is 22.2. The predicted molar refractivity (Wildman–Crippen MR) is 254 cm³/mol. The van der Waals surface area contributed by atoms with Crippen molar-refractivity contribution in [3.8, 4) is 28.0 Å². The van der Waals surface area contributed by atoms with Crippen LogP contribution < -0.4 is 9.64 Å². The first-order chi connectivity index (χ1) is 30.4. The number of carboxylic acids is 2. The van der Waals surface area contributed by atoms with Gasteiger partial charge in [-0.15, -0.1) is 0 Å². The molecule has 0 radical (unpaired) electrons. The van der Waals surface area contributed by atoms with Gasteiger partial charge >= 0.3 is 11.9 Å². The molecule has 3 aliphatic rings. The second-order valence-corrected chi connectivity index (χ2v) is 17.8. The number of carbonyl (C=O) groups is 2. The lowest BCUT2D eigenvalue weighted by Crippen LogP contribution is -2.28. The van der Waals surface area contributed by atoms with Gasteiger partial charge in [-0.3, -0.25) is 9.59 Å². The molecule has 1 aliphatic carbocycles. The Labute approximate surface area is 371 Å². The maximum Gasteiger partial charge on any atom is 0.303 e. The fourth-order valence-corrected chi connectivity index (χ4v) is 9.68. The van der Waals surface area contributed by atoms with Gasteiger partial charge in [0.25, 0.3) is 0 Å². The molecule has 0 bridgehead atoms. The first kappa shape index (κ1) is 42.9. The third-order valence-electron chi connectivity index (χ3n) is 12.9. The molecule has 5 aromatic carbocycles. The van der Waals surface area contributed by atoms with E-state index >= 15 is 0 Å². The summed E-state index contributed by atoms with van der Waals surface area (Å²) in [5.41, 5.74) is 13.2. The van der Waals surface area contributed by atoms with E-state index in [4.69, 9.17) is 4.74 Å². The van der Waals surface area contributed by atoms with Gasteiger partial charge in [-0.1, -0.05) is 123 Å². The number of rotatable bonds is 15. The van der Waals surface area contributed by atoms with E-state index in [-0.39, 0.29) is 23.7 Å². The lowest BCUT2D eigenvalue weighted by atomic mass is 9.81. The Morgan fingerprint density at radius 3 is 2.00 bits per heavy atom. The van der Waals surface area contributed by atoms with Crippen molar-refractivity contribution < 1.29 is 29.1 Å². The summed E-state index contributed by atoms with van der Waals surface area (Å²) >= 11 is 0. The highest BCUT2D eigenvalue weighted by molar-refractivity contribution is 6.03. The minimum absolute atomic E-state index is 0.110. The van der Waals surface area contributed by atoms with Gasteiger partial charge in [0, 0.05) is 53.9 Å². The van der Waals surface area contributed by atoms with Crippen molar-refractivity contribution in [2.45, 2.75) is 83.5 Å². The third kappa shape index (κ3) is 8.96. The highest BCUT2D eigenvalue weighted by atomic mass is 16.5.